The Morgan fingerprint density at radius 3 is 2.56 bits per heavy atom. The van der Waals surface area contributed by atoms with Gasteiger partial charge in [0.05, 0.1) is 21.6 Å². The van der Waals surface area contributed by atoms with Gasteiger partial charge in [0.1, 0.15) is 0 Å². The number of carboxylic acid groups (broad SMARTS) is 1. The number of rotatable bonds is 6. The molecule has 0 amide bonds. The van der Waals surface area contributed by atoms with Gasteiger partial charge in [0, 0.05) is 18.6 Å². The molecule has 1 aromatic carbocycles. The first-order chi connectivity index (χ1) is 8.41. The Bertz CT molecular complexity index is 478. The summed E-state index contributed by atoms with van der Waals surface area (Å²) >= 11 is 11.4. The van der Waals surface area contributed by atoms with Gasteiger partial charge in [0.15, 0.2) is 5.75 Å². The molecule has 0 radical (unpaired) electrons. The summed E-state index contributed by atoms with van der Waals surface area (Å²) in [5.74, 6) is -0.984. The fourth-order valence-corrected chi connectivity index (χ4v) is 1.49. The lowest BCUT2D eigenvalue weighted by Crippen LogP contribution is -2.03. The van der Waals surface area contributed by atoms with Crippen molar-refractivity contribution in [1.82, 2.24) is 0 Å². The zero-order valence-electron chi connectivity index (χ0n) is 9.06. The van der Waals surface area contributed by atoms with Gasteiger partial charge in [0.25, 0.3) is 0 Å². The zero-order valence-corrected chi connectivity index (χ0v) is 10.6. The highest BCUT2D eigenvalue weighted by Crippen LogP contribution is 2.35. The molecule has 0 fully saturated rings. The summed E-state index contributed by atoms with van der Waals surface area (Å²) in [5, 5.41) is 19.4. The summed E-state index contributed by atoms with van der Waals surface area (Å²) in [5.41, 5.74) is -0.306. The first kappa shape index (κ1) is 14.5. The third kappa shape index (κ3) is 4.05. The third-order valence-corrected chi connectivity index (χ3v) is 2.71. The predicted octanol–water partition coefficient (Wildman–Crippen LogP) is 3.15. The van der Waals surface area contributed by atoms with Gasteiger partial charge in [0.2, 0.25) is 0 Å². The standard InChI is InChI=1S/C10H9Cl2NO5/c11-6-4-8(13(16)17)9(5-7(6)12)18-3-1-2-10(14)15/h4-5H,1-3H2,(H,14,15). The van der Waals surface area contributed by atoms with Crippen LogP contribution in [-0.2, 0) is 4.79 Å². The molecule has 0 spiro atoms. The Labute approximate surface area is 112 Å². The second-order valence-electron chi connectivity index (χ2n) is 3.34. The van der Waals surface area contributed by atoms with E-state index in [1.54, 1.807) is 0 Å². The Balaban J connectivity index is 2.77. The number of hydrogen-bond donors (Lipinski definition) is 1. The molecule has 0 unspecified atom stereocenters. The van der Waals surface area contributed by atoms with Crippen LogP contribution >= 0.6 is 23.2 Å². The van der Waals surface area contributed by atoms with Gasteiger partial charge in [-0.25, -0.2) is 0 Å². The minimum absolute atomic E-state index is 0.0280. The topological polar surface area (TPSA) is 89.7 Å². The maximum Gasteiger partial charge on any atom is 0.312 e. The van der Waals surface area contributed by atoms with Crippen LogP contribution in [-0.4, -0.2) is 22.6 Å². The number of nitrogens with zero attached hydrogens (tertiary/aromatic N) is 1. The molecule has 1 aromatic rings. The number of halogens is 2. The molecule has 0 saturated carbocycles. The van der Waals surface area contributed by atoms with Crippen molar-refractivity contribution in [3.8, 4) is 5.75 Å². The molecule has 0 aliphatic heterocycles. The Hall–Kier alpha value is -1.53. The summed E-state index contributed by atoms with van der Waals surface area (Å²) in [7, 11) is 0. The van der Waals surface area contributed by atoms with Gasteiger partial charge >= 0.3 is 11.7 Å². The van der Waals surface area contributed by atoms with Gasteiger partial charge in [-0.15, -0.1) is 0 Å². The summed E-state index contributed by atoms with van der Waals surface area (Å²) in [6.45, 7) is 0.0467. The Morgan fingerprint density at radius 2 is 2.00 bits per heavy atom. The van der Waals surface area contributed by atoms with Crippen LogP contribution in [0.1, 0.15) is 12.8 Å². The highest BCUT2D eigenvalue weighted by atomic mass is 35.5. The second kappa shape index (κ2) is 6.42. The van der Waals surface area contributed by atoms with Crippen molar-refractivity contribution in [3.63, 3.8) is 0 Å². The predicted molar refractivity (Wildman–Crippen MR) is 65.5 cm³/mol. The molecule has 0 heterocycles. The number of nitro groups is 1. The summed E-state index contributed by atoms with van der Waals surface area (Å²) < 4.78 is 5.14. The van der Waals surface area contributed by atoms with Crippen LogP contribution in [0.5, 0.6) is 5.75 Å². The average Bonchev–Trinajstić information content (AvgIpc) is 2.28. The quantitative estimate of drug-likeness (QED) is 0.494. The third-order valence-electron chi connectivity index (χ3n) is 1.99. The van der Waals surface area contributed by atoms with E-state index in [0.717, 1.165) is 6.07 Å². The van der Waals surface area contributed by atoms with Crippen molar-refractivity contribution in [3.05, 3.63) is 32.3 Å². The lowest BCUT2D eigenvalue weighted by atomic mass is 10.3. The van der Waals surface area contributed by atoms with Crippen LogP contribution in [0.15, 0.2) is 12.1 Å². The fraction of sp³-hybridized carbons (Fsp3) is 0.300. The van der Waals surface area contributed by atoms with Crippen LogP contribution in [0.2, 0.25) is 10.0 Å². The van der Waals surface area contributed by atoms with Crippen molar-refractivity contribution in [2.45, 2.75) is 12.8 Å². The molecule has 8 heteroatoms. The molecule has 98 valence electrons. The van der Waals surface area contributed by atoms with Gasteiger partial charge in [-0.05, 0) is 6.42 Å². The molecule has 1 rings (SSSR count). The van der Waals surface area contributed by atoms with E-state index in [1.807, 2.05) is 0 Å². The normalized spacial score (nSPS) is 10.1. The number of benzene rings is 1. The van der Waals surface area contributed by atoms with E-state index in [4.69, 9.17) is 33.0 Å². The highest BCUT2D eigenvalue weighted by Gasteiger charge is 2.18. The van der Waals surface area contributed by atoms with Crippen molar-refractivity contribution < 1.29 is 19.6 Å². The molecule has 0 aliphatic carbocycles. The van der Waals surface area contributed by atoms with Gasteiger partial charge in [-0.1, -0.05) is 23.2 Å². The molecule has 18 heavy (non-hydrogen) atoms. The maximum absolute atomic E-state index is 10.8. The number of aliphatic carboxylic acids is 1. The van der Waals surface area contributed by atoms with E-state index in [-0.39, 0.29) is 40.9 Å². The van der Waals surface area contributed by atoms with Gasteiger partial charge in [-0.2, -0.15) is 0 Å². The van der Waals surface area contributed by atoms with Crippen LogP contribution in [0.25, 0.3) is 0 Å². The zero-order chi connectivity index (χ0) is 13.7. The molecule has 0 aromatic heterocycles. The van der Waals surface area contributed by atoms with Crippen molar-refractivity contribution >= 4 is 34.9 Å². The highest BCUT2D eigenvalue weighted by molar-refractivity contribution is 6.42. The summed E-state index contributed by atoms with van der Waals surface area (Å²) in [4.78, 5) is 20.4. The van der Waals surface area contributed by atoms with Crippen molar-refractivity contribution in [2.24, 2.45) is 0 Å². The SMILES string of the molecule is O=C(O)CCCOc1cc(Cl)c(Cl)cc1[N+](=O)[O-]. The van der Waals surface area contributed by atoms with E-state index in [9.17, 15) is 14.9 Å². The van der Waals surface area contributed by atoms with Crippen LogP contribution in [0.3, 0.4) is 0 Å². The van der Waals surface area contributed by atoms with Crippen LogP contribution in [0.4, 0.5) is 5.69 Å². The first-order valence-electron chi connectivity index (χ1n) is 4.90. The molecule has 1 N–H and O–H groups in total. The van der Waals surface area contributed by atoms with Crippen LogP contribution in [0, 0.1) is 10.1 Å². The Morgan fingerprint density at radius 1 is 1.39 bits per heavy atom. The molecular formula is C10H9Cl2NO5. The molecule has 0 atom stereocenters. The summed E-state index contributed by atoms with van der Waals surface area (Å²) in [6.07, 6.45) is 0.169. The van der Waals surface area contributed by atoms with E-state index < -0.39 is 10.9 Å². The number of carbonyl (C=O) groups is 1. The molecule has 0 bridgehead atoms. The monoisotopic (exact) mass is 293 g/mol. The number of nitro benzene ring substituents is 1. The van der Waals surface area contributed by atoms with Crippen LogP contribution < -0.4 is 4.74 Å². The van der Waals surface area contributed by atoms with Gasteiger partial charge < -0.3 is 9.84 Å². The number of carboxylic acids is 1. The van der Waals surface area contributed by atoms with E-state index in [1.165, 1.54) is 6.07 Å². The number of hydrogen-bond acceptors (Lipinski definition) is 4. The van der Waals surface area contributed by atoms with Crippen molar-refractivity contribution in [1.29, 1.82) is 0 Å². The minimum Gasteiger partial charge on any atom is -0.487 e. The lowest BCUT2D eigenvalue weighted by molar-refractivity contribution is -0.385. The molecule has 6 nitrogen and oxygen atoms in total. The molecule has 0 aliphatic rings. The minimum atomic E-state index is -0.956. The van der Waals surface area contributed by atoms with E-state index in [0.29, 0.717) is 0 Å². The first-order valence-corrected chi connectivity index (χ1v) is 5.65. The van der Waals surface area contributed by atoms with E-state index >= 15 is 0 Å². The van der Waals surface area contributed by atoms with E-state index in [2.05, 4.69) is 0 Å². The number of ether oxygens (including phenoxy) is 1. The smallest absolute Gasteiger partial charge is 0.312 e. The average molecular weight is 294 g/mol. The lowest BCUT2D eigenvalue weighted by Gasteiger charge is -2.07. The molecule has 0 saturated heterocycles. The van der Waals surface area contributed by atoms with Crippen molar-refractivity contribution in [2.75, 3.05) is 6.61 Å². The fourth-order valence-electron chi connectivity index (χ4n) is 1.18. The second-order valence-corrected chi connectivity index (χ2v) is 4.15. The maximum atomic E-state index is 10.8. The summed E-state index contributed by atoms with van der Waals surface area (Å²) in [6, 6.07) is 2.33. The molecular weight excluding hydrogens is 285 g/mol. The van der Waals surface area contributed by atoms with Gasteiger partial charge in [-0.3, -0.25) is 14.9 Å². The Kier molecular flexibility index (Phi) is 5.18. The largest absolute Gasteiger partial charge is 0.487 e.